The summed E-state index contributed by atoms with van der Waals surface area (Å²) in [4.78, 5) is 38.7. The Labute approximate surface area is 116 Å². The first kappa shape index (κ1) is 14.4. The molecule has 0 aromatic rings. The molecule has 2 atom stereocenters. The van der Waals surface area contributed by atoms with Gasteiger partial charge in [-0.1, -0.05) is 0 Å². The minimum atomic E-state index is -1.18. The molecule has 0 aliphatic carbocycles. The van der Waals surface area contributed by atoms with Gasteiger partial charge in [0.1, 0.15) is 6.04 Å². The van der Waals surface area contributed by atoms with Gasteiger partial charge < -0.3 is 20.0 Å². The summed E-state index contributed by atoms with van der Waals surface area (Å²) < 4.78 is 0. The Balaban J connectivity index is 2.18. The molecule has 2 N–H and O–H groups in total. The predicted molar refractivity (Wildman–Crippen MR) is 68.5 cm³/mol. The molecule has 0 unspecified atom stereocenters. The van der Waals surface area contributed by atoms with Crippen LogP contribution in [0.4, 0.5) is 9.59 Å². The Bertz CT molecular complexity index is 421. The molecule has 0 aromatic heterocycles. The zero-order chi connectivity index (χ0) is 14.9. The number of carbonyl (C=O) groups is 3. The number of hydrogen-bond donors (Lipinski definition) is 2. The van der Waals surface area contributed by atoms with Crippen LogP contribution in [0, 0.1) is 0 Å². The summed E-state index contributed by atoms with van der Waals surface area (Å²) >= 11 is 0. The van der Waals surface area contributed by atoms with Crippen molar-refractivity contribution in [3.63, 3.8) is 0 Å². The highest BCUT2D eigenvalue weighted by atomic mass is 16.4. The van der Waals surface area contributed by atoms with Gasteiger partial charge in [0.2, 0.25) is 5.91 Å². The SMILES string of the molecule is C[C@@H]1CN(C(=O)O)[C@@H](C(=O)N2CCCC2)CN1C(=O)O. The van der Waals surface area contributed by atoms with Gasteiger partial charge in [0, 0.05) is 19.6 Å². The van der Waals surface area contributed by atoms with E-state index in [1.807, 2.05) is 0 Å². The Morgan fingerprint density at radius 2 is 1.50 bits per heavy atom. The number of nitrogens with zero attached hydrogens (tertiary/aromatic N) is 3. The number of carboxylic acid groups (broad SMARTS) is 2. The second kappa shape index (κ2) is 5.56. The van der Waals surface area contributed by atoms with Gasteiger partial charge in [0.05, 0.1) is 12.6 Å². The molecule has 2 saturated heterocycles. The molecule has 0 spiro atoms. The summed E-state index contributed by atoms with van der Waals surface area (Å²) in [6.07, 6.45) is -0.490. The quantitative estimate of drug-likeness (QED) is 0.723. The number of carbonyl (C=O) groups excluding carboxylic acids is 1. The maximum absolute atomic E-state index is 12.4. The lowest BCUT2D eigenvalue weighted by molar-refractivity contribution is -0.137. The van der Waals surface area contributed by atoms with Gasteiger partial charge in [-0.15, -0.1) is 0 Å². The summed E-state index contributed by atoms with van der Waals surface area (Å²) in [5, 5.41) is 18.4. The molecule has 0 saturated carbocycles. The average Bonchev–Trinajstić information content (AvgIpc) is 2.90. The second-order valence-electron chi connectivity index (χ2n) is 5.27. The van der Waals surface area contributed by atoms with Crippen LogP contribution < -0.4 is 0 Å². The maximum atomic E-state index is 12.4. The minimum Gasteiger partial charge on any atom is -0.465 e. The van der Waals surface area contributed by atoms with Crippen molar-refractivity contribution < 1.29 is 24.6 Å². The normalized spacial score (nSPS) is 26.8. The fourth-order valence-electron chi connectivity index (χ4n) is 2.81. The Morgan fingerprint density at radius 1 is 0.950 bits per heavy atom. The van der Waals surface area contributed by atoms with E-state index in [2.05, 4.69) is 0 Å². The van der Waals surface area contributed by atoms with Crippen molar-refractivity contribution in [3.8, 4) is 0 Å². The molecule has 3 amide bonds. The van der Waals surface area contributed by atoms with Crippen molar-refractivity contribution in [1.29, 1.82) is 0 Å². The van der Waals surface area contributed by atoms with Gasteiger partial charge >= 0.3 is 12.2 Å². The zero-order valence-electron chi connectivity index (χ0n) is 11.4. The highest BCUT2D eigenvalue weighted by Crippen LogP contribution is 2.19. The van der Waals surface area contributed by atoms with E-state index in [9.17, 15) is 19.5 Å². The number of hydrogen-bond acceptors (Lipinski definition) is 3. The van der Waals surface area contributed by atoms with E-state index in [0.717, 1.165) is 22.6 Å². The molecule has 0 aromatic carbocycles. The molecular formula is C12H19N3O5. The van der Waals surface area contributed by atoms with Crippen molar-refractivity contribution in [2.24, 2.45) is 0 Å². The van der Waals surface area contributed by atoms with Crippen LogP contribution in [0.15, 0.2) is 0 Å². The Kier molecular flexibility index (Phi) is 4.01. The third kappa shape index (κ3) is 2.63. The van der Waals surface area contributed by atoms with E-state index in [0.29, 0.717) is 13.1 Å². The van der Waals surface area contributed by atoms with E-state index in [4.69, 9.17) is 5.11 Å². The third-order valence-corrected chi connectivity index (χ3v) is 3.93. The molecule has 8 nitrogen and oxygen atoms in total. The van der Waals surface area contributed by atoms with E-state index >= 15 is 0 Å². The molecule has 0 bridgehead atoms. The fraction of sp³-hybridized carbons (Fsp3) is 0.750. The summed E-state index contributed by atoms with van der Waals surface area (Å²) in [6.45, 7) is 2.79. The molecular weight excluding hydrogens is 266 g/mol. The highest BCUT2D eigenvalue weighted by molar-refractivity contribution is 5.86. The first-order valence-corrected chi connectivity index (χ1v) is 6.69. The topological polar surface area (TPSA) is 101 Å². The van der Waals surface area contributed by atoms with Crippen LogP contribution in [0.2, 0.25) is 0 Å². The third-order valence-electron chi connectivity index (χ3n) is 3.93. The van der Waals surface area contributed by atoms with E-state index < -0.39 is 24.3 Å². The second-order valence-corrected chi connectivity index (χ2v) is 5.27. The summed E-state index contributed by atoms with van der Waals surface area (Å²) in [5.41, 5.74) is 0. The molecule has 2 aliphatic heterocycles. The molecule has 2 rings (SSSR count). The van der Waals surface area contributed by atoms with Crippen molar-refractivity contribution in [2.45, 2.75) is 31.8 Å². The van der Waals surface area contributed by atoms with Crippen LogP contribution in [0.3, 0.4) is 0 Å². The largest absolute Gasteiger partial charge is 0.465 e. The molecule has 0 radical (unpaired) electrons. The van der Waals surface area contributed by atoms with Crippen molar-refractivity contribution in [3.05, 3.63) is 0 Å². The Morgan fingerprint density at radius 3 is 2.00 bits per heavy atom. The van der Waals surface area contributed by atoms with Gasteiger partial charge in [0.15, 0.2) is 0 Å². The smallest absolute Gasteiger partial charge is 0.408 e. The molecule has 2 aliphatic rings. The van der Waals surface area contributed by atoms with Gasteiger partial charge in [-0.25, -0.2) is 9.59 Å². The lowest BCUT2D eigenvalue weighted by Crippen LogP contribution is -2.64. The van der Waals surface area contributed by atoms with Crippen LogP contribution >= 0.6 is 0 Å². The van der Waals surface area contributed by atoms with Gasteiger partial charge in [-0.3, -0.25) is 9.69 Å². The molecule has 8 heteroatoms. The van der Waals surface area contributed by atoms with E-state index in [-0.39, 0.29) is 19.0 Å². The number of amides is 3. The van der Waals surface area contributed by atoms with Crippen molar-refractivity contribution >= 4 is 18.1 Å². The first-order chi connectivity index (χ1) is 9.41. The van der Waals surface area contributed by atoms with Crippen LogP contribution in [-0.4, -0.2) is 81.3 Å². The van der Waals surface area contributed by atoms with Crippen LogP contribution in [0.25, 0.3) is 0 Å². The number of rotatable bonds is 1. The maximum Gasteiger partial charge on any atom is 0.408 e. The summed E-state index contributed by atoms with van der Waals surface area (Å²) in [6, 6.07) is -1.39. The zero-order valence-corrected chi connectivity index (χ0v) is 11.4. The highest BCUT2D eigenvalue weighted by Gasteiger charge is 2.42. The standard InChI is InChI=1S/C12H19N3O5/c1-8-6-15(12(19)20)9(7-14(8)11(17)18)10(16)13-4-2-3-5-13/h8-9H,2-7H2,1H3,(H,17,18)(H,19,20)/t8-,9-/m1/s1. The van der Waals surface area contributed by atoms with Gasteiger partial charge in [0.25, 0.3) is 0 Å². The summed E-state index contributed by atoms with van der Waals surface area (Å²) in [5.74, 6) is -0.289. The lowest BCUT2D eigenvalue weighted by Gasteiger charge is -2.42. The van der Waals surface area contributed by atoms with Gasteiger partial charge in [-0.05, 0) is 19.8 Å². The first-order valence-electron chi connectivity index (χ1n) is 6.69. The van der Waals surface area contributed by atoms with E-state index in [1.165, 1.54) is 0 Å². The Hall–Kier alpha value is -1.99. The van der Waals surface area contributed by atoms with Crippen molar-refractivity contribution in [1.82, 2.24) is 14.7 Å². The van der Waals surface area contributed by atoms with E-state index in [1.54, 1.807) is 11.8 Å². The predicted octanol–water partition coefficient (Wildman–Crippen LogP) is 0.340. The lowest BCUT2D eigenvalue weighted by atomic mass is 10.1. The molecule has 2 heterocycles. The minimum absolute atomic E-state index is 0.0197. The number of likely N-dealkylation sites (tertiary alicyclic amines) is 1. The van der Waals surface area contributed by atoms with Crippen LogP contribution in [0.5, 0.6) is 0 Å². The van der Waals surface area contributed by atoms with Crippen LogP contribution in [0.1, 0.15) is 19.8 Å². The van der Waals surface area contributed by atoms with Crippen molar-refractivity contribution in [2.75, 3.05) is 26.2 Å². The monoisotopic (exact) mass is 285 g/mol. The van der Waals surface area contributed by atoms with Gasteiger partial charge in [-0.2, -0.15) is 0 Å². The number of piperazine rings is 1. The molecule has 20 heavy (non-hydrogen) atoms. The fourth-order valence-corrected chi connectivity index (χ4v) is 2.81. The van der Waals surface area contributed by atoms with Crippen LogP contribution in [-0.2, 0) is 4.79 Å². The molecule has 112 valence electrons. The average molecular weight is 285 g/mol. The summed E-state index contributed by atoms with van der Waals surface area (Å²) in [7, 11) is 0. The molecule has 2 fully saturated rings.